The Morgan fingerprint density at radius 1 is 1.32 bits per heavy atom. The highest BCUT2D eigenvalue weighted by Crippen LogP contribution is 2.21. The van der Waals surface area contributed by atoms with Crippen LogP contribution in [0.5, 0.6) is 0 Å². The van der Waals surface area contributed by atoms with Crippen molar-refractivity contribution in [3.63, 3.8) is 0 Å². The van der Waals surface area contributed by atoms with Crippen LogP contribution in [-0.4, -0.2) is 29.8 Å². The number of benzene rings is 1. The average molecular weight is 365 g/mol. The van der Waals surface area contributed by atoms with Crippen LogP contribution in [0.3, 0.4) is 0 Å². The maximum atomic E-state index is 12.4. The Morgan fingerprint density at radius 3 is 2.50 bits per heavy atom. The fraction of sp³-hybridized carbons (Fsp3) is 0.375. The molecule has 1 heterocycles. The maximum Gasteiger partial charge on any atom is 0.271 e. The van der Waals surface area contributed by atoms with Crippen LogP contribution >= 0.6 is 15.9 Å². The number of nitrogens with zero attached hydrogens (tertiary/aromatic N) is 3. The summed E-state index contributed by atoms with van der Waals surface area (Å²) >= 11 is 3.44. The highest BCUT2D eigenvalue weighted by molar-refractivity contribution is 9.10. The van der Waals surface area contributed by atoms with Crippen molar-refractivity contribution in [2.45, 2.75) is 26.9 Å². The molecule has 0 atom stereocenters. The van der Waals surface area contributed by atoms with E-state index in [1.807, 2.05) is 57.1 Å². The predicted octanol–water partition coefficient (Wildman–Crippen LogP) is 2.97. The molecule has 2 rings (SSSR count). The Morgan fingerprint density at radius 2 is 1.95 bits per heavy atom. The average Bonchev–Trinajstić information content (AvgIpc) is 2.80. The normalized spacial score (nSPS) is 10.6. The van der Waals surface area contributed by atoms with Crippen LogP contribution in [0, 0.1) is 6.92 Å². The van der Waals surface area contributed by atoms with Gasteiger partial charge in [-0.25, -0.2) is 0 Å². The van der Waals surface area contributed by atoms with E-state index in [9.17, 15) is 4.79 Å². The van der Waals surface area contributed by atoms with Gasteiger partial charge in [-0.1, -0.05) is 12.1 Å². The molecule has 0 spiro atoms. The fourth-order valence-corrected chi connectivity index (χ4v) is 2.65. The fourth-order valence-electron chi connectivity index (χ4n) is 2.18. The van der Waals surface area contributed by atoms with Gasteiger partial charge in [-0.15, -0.1) is 0 Å². The van der Waals surface area contributed by atoms with E-state index in [4.69, 9.17) is 0 Å². The Labute approximate surface area is 139 Å². The summed E-state index contributed by atoms with van der Waals surface area (Å²) in [6.45, 7) is 5.00. The molecule has 1 amide bonds. The molecule has 0 unspecified atom stereocenters. The number of amides is 1. The lowest BCUT2D eigenvalue weighted by atomic mass is 10.2. The third kappa shape index (κ3) is 3.50. The van der Waals surface area contributed by atoms with Crippen LogP contribution in [0.4, 0.5) is 5.69 Å². The molecule has 0 radical (unpaired) electrons. The van der Waals surface area contributed by atoms with Gasteiger partial charge in [0.25, 0.3) is 5.91 Å². The zero-order chi connectivity index (χ0) is 16.3. The molecule has 0 aliphatic heterocycles. The quantitative estimate of drug-likeness (QED) is 0.886. The molecule has 22 heavy (non-hydrogen) atoms. The third-order valence-electron chi connectivity index (χ3n) is 3.47. The van der Waals surface area contributed by atoms with Crippen molar-refractivity contribution in [2.24, 2.45) is 0 Å². The Balaban J connectivity index is 2.07. The molecule has 1 aromatic carbocycles. The molecule has 0 saturated carbocycles. The van der Waals surface area contributed by atoms with Gasteiger partial charge in [-0.3, -0.25) is 9.48 Å². The predicted molar refractivity (Wildman–Crippen MR) is 92.3 cm³/mol. The minimum atomic E-state index is -0.119. The molecule has 5 nitrogen and oxygen atoms in total. The standard InChI is InChI=1S/C16H21BrN4O/c1-5-21-15(14(17)11(2)19-21)16(22)18-10-12-6-8-13(9-7-12)20(3)4/h6-9H,5,10H2,1-4H3,(H,18,22). The number of carbonyl (C=O) groups is 1. The number of halogens is 1. The first kappa shape index (κ1) is 16.5. The number of hydrogen-bond acceptors (Lipinski definition) is 3. The number of carbonyl (C=O) groups excluding carboxylic acids is 1. The second-order valence-corrected chi connectivity index (χ2v) is 6.10. The van der Waals surface area contributed by atoms with Crippen LogP contribution in [0.1, 0.15) is 28.7 Å². The summed E-state index contributed by atoms with van der Waals surface area (Å²) in [6, 6.07) is 8.12. The van der Waals surface area contributed by atoms with Gasteiger partial charge in [-0.05, 0) is 47.5 Å². The lowest BCUT2D eigenvalue weighted by Gasteiger charge is -2.13. The van der Waals surface area contributed by atoms with Crippen LogP contribution in [-0.2, 0) is 13.1 Å². The topological polar surface area (TPSA) is 50.2 Å². The highest BCUT2D eigenvalue weighted by Gasteiger charge is 2.18. The van der Waals surface area contributed by atoms with Gasteiger partial charge < -0.3 is 10.2 Å². The van der Waals surface area contributed by atoms with Gasteiger partial charge in [0, 0.05) is 32.9 Å². The van der Waals surface area contributed by atoms with Gasteiger partial charge in [0.1, 0.15) is 5.69 Å². The number of hydrogen-bond donors (Lipinski definition) is 1. The summed E-state index contributed by atoms with van der Waals surface area (Å²) in [5.74, 6) is -0.119. The molecule has 1 aromatic heterocycles. The SMILES string of the molecule is CCn1nc(C)c(Br)c1C(=O)NCc1ccc(N(C)C)cc1. The monoisotopic (exact) mass is 364 g/mol. The molecule has 0 bridgehead atoms. The zero-order valence-corrected chi connectivity index (χ0v) is 14.9. The van der Waals surface area contributed by atoms with Crippen LogP contribution in [0.25, 0.3) is 0 Å². The van der Waals surface area contributed by atoms with E-state index >= 15 is 0 Å². The number of rotatable bonds is 5. The zero-order valence-electron chi connectivity index (χ0n) is 13.4. The smallest absolute Gasteiger partial charge is 0.271 e. The van der Waals surface area contributed by atoms with Crippen molar-refractivity contribution in [3.05, 3.63) is 45.7 Å². The summed E-state index contributed by atoms with van der Waals surface area (Å²) < 4.78 is 2.47. The van der Waals surface area contributed by atoms with Crippen molar-refractivity contribution in [3.8, 4) is 0 Å². The summed E-state index contributed by atoms with van der Waals surface area (Å²) in [5.41, 5.74) is 3.60. The van der Waals surface area contributed by atoms with E-state index in [0.29, 0.717) is 18.8 Å². The molecule has 0 fully saturated rings. The third-order valence-corrected chi connectivity index (χ3v) is 4.42. The van der Waals surface area contributed by atoms with Crippen LogP contribution < -0.4 is 10.2 Å². The molecule has 0 aliphatic carbocycles. The first-order chi connectivity index (χ1) is 10.4. The van der Waals surface area contributed by atoms with Crippen molar-refractivity contribution < 1.29 is 4.79 Å². The van der Waals surface area contributed by atoms with Crippen molar-refractivity contribution in [1.82, 2.24) is 15.1 Å². The first-order valence-corrected chi connectivity index (χ1v) is 8.00. The minimum Gasteiger partial charge on any atom is -0.378 e. The molecular weight excluding hydrogens is 344 g/mol. The Hall–Kier alpha value is -1.82. The van der Waals surface area contributed by atoms with Crippen molar-refractivity contribution >= 4 is 27.5 Å². The first-order valence-electron chi connectivity index (χ1n) is 7.21. The summed E-state index contributed by atoms with van der Waals surface area (Å²) in [4.78, 5) is 14.4. The van der Waals surface area contributed by atoms with Gasteiger partial charge in [-0.2, -0.15) is 5.10 Å². The van der Waals surface area contributed by atoms with Gasteiger partial charge in [0.2, 0.25) is 0 Å². The summed E-state index contributed by atoms with van der Waals surface area (Å²) in [6.07, 6.45) is 0. The minimum absolute atomic E-state index is 0.119. The second-order valence-electron chi connectivity index (χ2n) is 5.31. The molecule has 2 aromatic rings. The van der Waals surface area contributed by atoms with Crippen molar-refractivity contribution in [1.29, 1.82) is 0 Å². The molecular formula is C16H21BrN4O. The largest absolute Gasteiger partial charge is 0.378 e. The maximum absolute atomic E-state index is 12.4. The van der Waals surface area contributed by atoms with Crippen molar-refractivity contribution in [2.75, 3.05) is 19.0 Å². The second kappa shape index (κ2) is 6.96. The number of anilines is 1. The van der Waals surface area contributed by atoms with Crippen LogP contribution in [0.15, 0.2) is 28.7 Å². The molecule has 0 saturated heterocycles. The van der Waals surface area contributed by atoms with Gasteiger partial charge >= 0.3 is 0 Å². The lowest BCUT2D eigenvalue weighted by molar-refractivity contribution is 0.0939. The number of aromatic nitrogens is 2. The van der Waals surface area contributed by atoms with E-state index < -0.39 is 0 Å². The van der Waals surface area contributed by atoms with E-state index in [1.165, 1.54) is 0 Å². The highest BCUT2D eigenvalue weighted by atomic mass is 79.9. The Kier molecular flexibility index (Phi) is 5.24. The lowest BCUT2D eigenvalue weighted by Crippen LogP contribution is -2.26. The molecule has 0 aliphatic rings. The summed E-state index contributed by atoms with van der Waals surface area (Å²) in [5, 5.41) is 7.29. The van der Waals surface area contributed by atoms with E-state index in [1.54, 1.807) is 4.68 Å². The Bertz CT molecular complexity index is 662. The molecule has 118 valence electrons. The molecule has 1 N–H and O–H groups in total. The van der Waals surface area contributed by atoms with E-state index in [2.05, 4.69) is 26.3 Å². The van der Waals surface area contributed by atoms with Gasteiger partial charge in [0.05, 0.1) is 10.2 Å². The van der Waals surface area contributed by atoms with E-state index in [-0.39, 0.29) is 5.91 Å². The molecule has 6 heteroatoms. The number of aryl methyl sites for hydroxylation is 2. The number of nitrogens with one attached hydrogen (secondary N) is 1. The van der Waals surface area contributed by atoms with E-state index in [0.717, 1.165) is 21.4 Å². The van der Waals surface area contributed by atoms with Crippen LogP contribution in [0.2, 0.25) is 0 Å². The van der Waals surface area contributed by atoms with Gasteiger partial charge in [0.15, 0.2) is 0 Å². The summed E-state index contributed by atoms with van der Waals surface area (Å²) in [7, 11) is 4.01.